The van der Waals surface area contributed by atoms with Crippen molar-refractivity contribution >= 4 is 24.3 Å². The van der Waals surface area contributed by atoms with E-state index in [0.29, 0.717) is 24.2 Å². The first-order valence-electron chi connectivity index (χ1n) is 19.9. The number of hydrogen-bond donors (Lipinski definition) is 4. The summed E-state index contributed by atoms with van der Waals surface area (Å²) < 4.78 is 0. The molecule has 0 aromatic heterocycles. The molecule has 4 N–H and O–H groups in total. The van der Waals surface area contributed by atoms with Crippen LogP contribution in [0.5, 0.6) is 0 Å². The van der Waals surface area contributed by atoms with Gasteiger partial charge in [-0.05, 0) is 146 Å². The van der Waals surface area contributed by atoms with Gasteiger partial charge in [-0.3, -0.25) is 15.0 Å². The maximum Gasteiger partial charge on any atom is 0.194 e. The lowest BCUT2D eigenvalue weighted by molar-refractivity contribution is 0.479. The second-order valence-corrected chi connectivity index (χ2v) is 14.5. The number of nitrogens with one attached hydrogen (secondary N) is 4. The fraction of sp³-hybridized carbons (Fsp3) is 0.895. The van der Waals surface area contributed by atoms with Gasteiger partial charge in [-0.1, -0.05) is 0 Å². The smallest absolute Gasteiger partial charge is 0.194 e. The maximum atomic E-state index is 4.86. The van der Waals surface area contributed by atoms with Crippen molar-refractivity contribution in [3.8, 4) is 0 Å². The van der Waals surface area contributed by atoms with E-state index in [0.717, 1.165) is 90.0 Å². The van der Waals surface area contributed by atoms with Crippen LogP contribution in [0.25, 0.3) is 0 Å². The molecule has 0 spiro atoms. The minimum Gasteiger partial charge on any atom is -0.374 e. The van der Waals surface area contributed by atoms with Gasteiger partial charge in [0.25, 0.3) is 0 Å². The molecular formula is C38H77N11. The second-order valence-electron chi connectivity index (χ2n) is 14.5. The van der Waals surface area contributed by atoms with Crippen molar-refractivity contribution in [2.75, 3.05) is 65.4 Å². The first-order valence-corrected chi connectivity index (χ1v) is 19.9. The number of likely N-dealkylation sites (tertiary alicyclic amines) is 2. The summed E-state index contributed by atoms with van der Waals surface area (Å²) in [7, 11) is 0. The van der Waals surface area contributed by atoms with Crippen LogP contribution in [-0.4, -0.2) is 124 Å². The molecule has 0 aliphatic carbocycles. The summed E-state index contributed by atoms with van der Waals surface area (Å²) in [5, 5.41) is 13.5. The van der Waals surface area contributed by atoms with Crippen LogP contribution in [0, 0.1) is 0 Å². The number of guanidine groups is 2. The van der Waals surface area contributed by atoms with E-state index in [1.54, 1.807) is 6.34 Å². The van der Waals surface area contributed by atoms with E-state index in [1.165, 1.54) is 64.5 Å². The highest BCUT2D eigenvalue weighted by atomic mass is 15.3. The number of unbranched alkanes of at least 4 members (excludes halogenated alkanes) is 4. The third-order valence-electron chi connectivity index (χ3n) is 7.89. The lowest BCUT2D eigenvalue weighted by Gasteiger charge is -2.23. The molecule has 0 bridgehead atoms. The Kier molecular flexibility index (Phi) is 27.3. The van der Waals surface area contributed by atoms with Crippen LogP contribution in [-0.2, 0) is 0 Å². The van der Waals surface area contributed by atoms with Crippen molar-refractivity contribution in [3.05, 3.63) is 0 Å². The molecule has 0 radical (unpaired) electrons. The van der Waals surface area contributed by atoms with Gasteiger partial charge in [-0.25, -0.2) is 9.98 Å². The Bertz CT molecular complexity index is 912. The summed E-state index contributed by atoms with van der Waals surface area (Å²) in [6.07, 6.45) is 16.7. The summed E-state index contributed by atoms with van der Waals surface area (Å²) >= 11 is 0. The molecule has 0 aromatic carbocycles. The van der Waals surface area contributed by atoms with E-state index in [1.807, 2.05) is 13.8 Å². The highest BCUT2D eigenvalue weighted by Gasteiger charge is 2.17. The molecule has 3 saturated heterocycles. The standard InChI is InChI=1S/C21H42N6.C13H26N4.C4H9N/c1-18(2)24-20(26-14-8-9-15-26)22-12-6-5-7-13-23-21(25-19(3)4)27-16-10-11-17-27;1-12(2)16-10-14-8-6-5-7-9-15-11-17-13(3)4;1-2-4-5-3-1/h18-19H,5-17H2,1-4H3,(H,22,24)(H,23,25);10,12-13H,5-9H2,1-4H3,(H,14,16);5H,1-4H2. The zero-order chi connectivity index (χ0) is 36.0. The van der Waals surface area contributed by atoms with Crippen molar-refractivity contribution in [1.82, 2.24) is 31.1 Å². The van der Waals surface area contributed by atoms with Crippen molar-refractivity contribution in [2.45, 2.75) is 157 Å². The Morgan fingerprint density at radius 3 is 1.82 bits per heavy atom. The lowest BCUT2D eigenvalue weighted by Crippen LogP contribution is -2.43. The van der Waals surface area contributed by atoms with Crippen LogP contribution in [0.1, 0.15) is 132 Å². The molecule has 11 nitrogen and oxygen atoms in total. The summed E-state index contributed by atoms with van der Waals surface area (Å²) in [6.45, 7) is 27.7. The van der Waals surface area contributed by atoms with Gasteiger partial charge in [0.05, 0.1) is 18.4 Å². The molecule has 11 heteroatoms. The topological polar surface area (TPSA) is 116 Å². The first-order chi connectivity index (χ1) is 23.7. The van der Waals surface area contributed by atoms with Crippen LogP contribution in [0.2, 0.25) is 0 Å². The van der Waals surface area contributed by atoms with Gasteiger partial charge in [0.15, 0.2) is 11.9 Å². The predicted molar refractivity (Wildman–Crippen MR) is 214 cm³/mol. The zero-order valence-electron chi connectivity index (χ0n) is 33.1. The van der Waals surface area contributed by atoms with E-state index in [9.17, 15) is 0 Å². The number of aliphatic imine (C=N–C) groups is 5. The quantitative estimate of drug-likeness (QED) is 0.0824. The number of rotatable bonds is 17. The van der Waals surface area contributed by atoms with Crippen LogP contribution < -0.4 is 21.3 Å². The minimum atomic E-state index is 0.293. The van der Waals surface area contributed by atoms with Gasteiger partial charge in [0, 0.05) is 70.5 Å². The minimum absolute atomic E-state index is 0.293. The molecule has 0 saturated carbocycles. The molecule has 0 amide bonds. The van der Waals surface area contributed by atoms with E-state index in [4.69, 9.17) is 9.98 Å². The van der Waals surface area contributed by atoms with Gasteiger partial charge < -0.3 is 31.1 Å². The molecule has 0 unspecified atom stereocenters. The molecule has 3 rings (SSSR count). The average Bonchev–Trinajstić information content (AvgIpc) is 3.87. The zero-order valence-corrected chi connectivity index (χ0v) is 33.1. The monoisotopic (exact) mass is 688 g/mol. The molecule has 0 aromatic rings. The van der Waals surface area contributed by atoms with Crippen molar-refractivity contribution in [1.29, 1.82) is 0 Å². The van der Waals surface area contributed by atoms with Gasteiger partial charge in [0.2, 0.25) is 0 Å². The molecule has 49 heavy (non-hydrogen) atoms. The second kappa shape index (κ2) is 30.2. The van der Waals surface area contributed by atoms with E-state index >= 15 is 0 Å². The summed E-state index contributed by atoms with van der Waals surface area (Å²) in [5.41, 5.74) is 0. The highest BCUT2D eigenvalue weighted by Crippen LogP contribution is 2.10. The largest absolute Gasteiger partial charge is 0.374 e. The Morgan fingerprint density at radius 2 is 1.27 bits per heavy atom. The van der Waals surface area contributed by atoms with Crippen molar-refractivity contribution in [2.24, 2.45) is 25.0 Å². The Labute approximate surface area is 301 Å². The van der Waals surface area contributed by atoms with Crippen molar-refractivity contribution < 1.29 is 0 Å². The first kappa shape index (κ1) is 44.4. The molecule has 284 valence electrons. The Balaban J connectivity index is 0.000000462. The normalized spacial score (nSPS) is 16.7. The van der Waals surface area contributed by atoms with Gasteiger partial charge in [0.1, 0.15) is 0 Å². The van der Waals surface area contributed by atoms with Gasteiger partial charge in [-0.2, -0.15) is 0 Å². The fourth-order valence-corrected chi connectivity index (χ4v) is 5.30. The van der Waals surface area contributed by atoms with Crippen LogP contribution in [0.4, 0.5) is 0 Å². The fourth-order valence-electron chi connectivity index (χ4n) is 5.30. The van der Waals surface area contributed by atoms with Gasteiger partial charge >= 0.3 is 0 Å². The Morgan fingerprint density at radius 1 is 0.673 bits per heavy atom. The average molecular weight is 688 g/mol. The van der Waals surface area contributed by atoms with Crippen LogP contribution in [0.15, 0.2) is 25.0 Å². The van der Waals surface area contributed by atoms with E-state index in [2.05, 4.69) is 93.6 Å². The highest BCUT2D eigenvalue weighted by molar-refractivity contribution is 5.81. The van der Waals surface area contributed by atoms with E-state index < -0.39 is 0 Å². The molecule has 0 atom stereocenters. The molecule has 3 fully saturated rings. The SMILES string of the molecule is C1CCNC1.CC(C)N=C(NCCCCCN=C(NC(C)C)N1CCCC1)N1CCCC1.CC(C)N=C=NCCCCCN=CNC(C)C. The molecular weight excluding hydrogens is 610 g/mol. The van der Waals surface area contributed by atoms with E-state index in [-0.39, 0.29) is 0 Å². The number of hydrogen-bond acceptors (Lipinski definition) is 6. The molecule has 3 heterocycles. The van der Waals surface area contributed by atoms with Crippen LogP contribution in [0.3, 0.4) is 0 Å². The predicted octanol–water partition coefficient (Wildman–Crippen LogP) is 6.19. The molecule has 3 aliphatic rings. The van der Waals surface area contributed by atoms with Gasteiger partial charge in [-0.15, -0.1) is 0 Å². The summed E-state index contributed by atoms with van der Waals surface area (Å²) in [4.78, 5) is 26.9. The lowest BCUT2D eigenvalue weighted by atomic mass is 10.2. The summed E-state index contributed by atoms with van der Waals surface area (Å²) in [6, 6.07) is 4.27. The third kappa shape index (κ3) is 26.8. The number of nitrogens with zero attached hydrogens (tertiary/aromatic N) is 7. The van der Waals surface area contributed by atoms with Crippen molar-refractivity contribution in [3.63, 3.8) is 0 Å². The Hall–Kier alpha value is -2.65. The van der Waals surface area contributed by atoms with Crippen LogP contribution >= 0.6 is 0 Å². The maximum absolute atomic E-state index is 4.86. The molecule has 3 aliphatic heterocycles. The third-order valence-corrected chi connectivity index (χ3v) is 7.89. The summed E-state index contributed by atoms with van der Waals surface area (Å²) in [5.74, 6) is 2.22.